The van der Waals surface area contributed by atoms with Gasteiger partial charge in [-0.25, -0.2) is 0 Å². The van der Waals surface area contributed by atoms with Crippen molar-refractivity contribution in [1.29, 1.82) is 0 Å². The molecule has 1 aromatic carbocycles. The molecule has 1 aromatic rings. The molecule has 1 aliphatic rings. The SMILES string of the molecule is CC(N)CCC(=O)N1CCC(CCc2ccccc2)CC1. The van der Waals surface area contributed by atoms with E-state index in [9.17, 15) is 4.79 Å². The lowest BCUT2D eigenvalue weighted by Gasteiger charge is -2.32. The van der Waals surface area contributed by atoms with E-state index in [1.807, 2.05) is 11.8 Å². The predicted octanol–water partition coefficient (Wildman–Crippen LogP) is 2.99. The van der Waals surface area contributed by atoms with Crippen LogP contribution in [0, 0.1) is 5.92 Å². The first kappa shape index (κ1) is 16.0. The van der Waals surface area contributed by atoms with Gasteiger partial charge in [-0.2, -0.15) is 0 Å². The van der Waals surface area contributed by atoms with E-state index in [1.54, 1.807) is 0 Å². The van der Waals surface area contributed by atoms with Gasteiger partial charge in [-0.3, -0.25) is 4.79 Å². The third-order valence-corrected chi connectivity index (χ3v) is 4.46. The molecule has 1 aliphatic heterocycles. The summed E-state index contributed by atoms with van der Waals surface area (Å²) >= 11 is 0. The van der Waals surface area contributed by atoms with E-state index in [0.29, 0.717) is 6.42 Å². The van der Waals surface area contributed by atoms with Crippen LogP contribution in [0.5, 0.6) is 0 Å². The highest BCUT2D eigenvalue weighted by Crippen LogP contribution is 2.23. The van der Waals surface area contributed by atoms with Crippen molar-refractivity contribution < 1.29 is 4.79 Å². The van der Waals surface area contributed by atoms with E-state index in [-0.39, 0.29) is 11.9 Å². The van der Waals surface area contributed by atoms with Crippen LogP contribution in [0.2, 0.25) is 0 Å². The molecule has 1 heterocycles. The Morgan fingerprint density at radius 3 is 2.57 bits per heavy atom. The second-order valence-electron chi connectivity index (χ2n) is 6.36. The average molecular weight is 288 g/mol. The Morgan fingerprint density at radius 2 is 1.95 bits per heavy atom. The first-order valence-corrected chi connectivity index (χ1v) is 8.22. The van der Waals surface area contributed by atoms with Gasteiger partial charge < -0.3 is 10.6 Å². The maximum absolute atomic E-state index is 12.1. The van der Waals surface area contributed by atoms with Crippen LogP contribution in [0.15, 0.2) is 30.3 Å². The zero-order chi connectivity index (χ0) is 15.1. The Hall–Kier alpha value is -1.35. The molecule has 0 spiro atoms. The van der Waals surface area contributed by atoms with Crippen LogP contribution in [-0.4, -0.2) is 29.9 Å². The summed E-state index contributed by atoms with van der Waals surface area (Å²) in [5.74, 6) is 1.05. The molecule has 1 amide bonds. The molecule has 0 radical (unpaired) electrons. The fraction of sp³-hybridized carbons (Fsp3) is 0.611. The van der Waals surface area contributed by atoms with Gasteiger partial charge in [0.25, 0.3) is 0 Å². The highest BCUT2D eigenvalue weighted by molar-refractivity contribution is 5.76. The zero-order valence-electron chi connectivity index (χ0n) is 13.1. The third kappa shape index (κ3) is 5.50. The Bertz CT molecular complexity index is 422. The topological polar surface area (TPSA) is 46.3 Å². The van der Waals surface area contributed by atoms with Gasteiger partial charge in [0.1, 0.15) is 0 Å². The van der Waals surface area contributed by atoms with Crippen LogP contribution in [0.3, 0.4) is 0 Å². The molecule has 3 heteroatoms. The summed E-state index contributed by atoms with van der Waals surface area (Å²) in [6.45, 7) is 3.82. The summed E-state index contributed by atoms with van der Waals surface area (Å²) in [7, 11) is 0. The monoisotopic (exact) mass is 288 g/mol. The molecule has 21 heavy (non-hydrogen) atoms. The van der Waals surface area contributed by atoms with Gasteiger partial charge in [0.05, 0.1) is 0 Å². The summed E-state index contributed by atoms with van der Waals surface area (Å²) in [5, 5.41) is 0. The van der Waals surface area contributed by atoms with Gasteiger partial charge in [0.15, 0.2) is 0 Å². The Balaban J connectivity index is 1.67. The van der Waals surface area contributed by atoms with E-state index in [2.05, 4.69) is 30.3 Å². The van der Waals surface area contributed by atoms with E-state index in [1.165, 1.54) is 12.0 Å². The van der Waals surface area contributed by atoms with Crippen LogP contribution >= 0.6 is 0 Å². The fourth-order valence-corrected chi connectivity index (χ4v) is 3.00. The molecule has 1 fully saturated rings. The maximum atomic E-state index is 12.1. The summed E-state index contributed by atoms with van der Waals surface area (Å²) in [5.41, 5.74) is 7.14. The summed E-state index contributed by atoms with van der Waals surface area (Å²) in [4.78, 5) is 14.1. The van der Waals surface area contributed by atoms with Crippen molar-refractivity contribution in [3.8, 4) is 0 Å². The number of hydrogen-bond donors (Lipinski definition) is 1. The van der Waals surface area contributed by atoms with Crippen molar-refractivity contribution in [1.82, 2.24) is 4.90 Å². The second kappa shape index (κ2) is 8.18. The number of piperidine rings is 1. The van der Waals surface area contributed by atoms with Crippen LogP contribution in [0.25, 0.3) is 0 Å². The minimum absolute atomic E-state index is 0.123. The lowest BCUT2D eigenvalue weighted by atomic mass is 9.90. The van der Waals surface area contributed by atoms with Crippen LogP contribution in [-0.2, 0) is 11.2 Å². The molecule has 1 unspecified atom stereocenters. The van der Waals surface area contributed by atoms with Gasteiger partial charge in [-0.05, 0) is 50.5 Å². The van der Waals surface area contributed by atoms with Crippen LogP contribution in [0.1, 0.15) is 44.6 Å². The number of carbonyl (C=O) groups excluding carboxylic acids is 1. The number of hydrogen-bond acceptors (Lipinski definition) is 2. The molecule has 0 bridgehead atoms. The molecule has 2 N–H and O–H groups in total. The van der Waals surface area contributed by atoms with Gasteiger partial charge in [0.2, 0.25) is 5.91 Å². The molecular weight excluding hydrogens is 260 g/mol. The van der Waals surface area contributed by atoms with Crippen molar-refractivity contribution in [3.05, 3.63) is 35.9 Å². The molecule has 3 nitrogen and oxygen atoms in total. The minimum Gasteiger partial charge on any atom is -0.343 e. The number of aryl methyl sites for hydroxylation is 1. The van der Waals surface area contributed by atoms with Gasteiger partial charge in [-0.1, -0.05) is 30.3 Å². The van der Waals surface area contributed by atoms with Crippen LogP contribution in [0.4, 0.5) is 0 Å². The van der Waals surface area contributed by atoms with E-state index < -0.39 is 0 Å². The highest BCUT2D eigenvalue weighted by Gasteiger charge is 2.22. The number of carbonyl (C=O) groups is 1. The largest absolute Gasteiger partial charge is 0.343 e. The molecule has 116 valence electrons. The van der Waals surface area contributed by atoms with Gasteiger partial charge >= 0.3 is 0 Å². The summed E-state index contributed by atoms with van der Waals surface area (Å²) in [6.07, 6.45) is 6.10. The summed E-state index contributed by atoms with van der Waals surface area (Å²) in [6, 6.07) is 10.8. The molecular formula is C18H28N2O. The molecule has 0 saturated carbocycles. The van der Waals surface area contributed by atoms with Gasteiger partial charge in [0, 0.05) is 25.6 Å². The van der Waals surface area contributed by atoms with E-state index in [0.717, 1.165) is 44.7 Å². The Kier molecular flexibility index (Phi) is 6.24. The quantitative estimate of drug-likeness (QED) is 0.874. The highest BCUT2D eigenvalue weighted by atomic mass is 16.2. The van der Waals surface area contributed by atoms with E-state index in [4.69, 9.17) is 5.73 Å². The average Bonchev–Trinajstić information content (AvgIpc) is 2.52. The van der Waals surface area contributed by atoms with Crippen molar-refractivity contribution in [2.75, 3.05) is 13.1 Å². The lowest BCUT2D eigenvalue weighted by Crippen LogP contribution is -2.39. The maximum Gasteiger partial charge on any atom is 0.222 e. The smallest absolute Gasteiger partial charge is 0.222 e. The van der Waals surface area contributed by atoms with Crippen LogP contribution < -0.4 is 5.73 Å². The van der Waals surface area contributed by atoms with Crippen molar-refractivity contribution in [3.63, 3.8) is 0 Å². The third-order valence-electron chi connectivity index (χ3n) is 4.46. The van der Waals surface area contributed by atoms with Crippen molar-refractivity contribution in [2.24, 2.45) is 11.7 Å². The number of nitrogens with two attached hydrogens (primary N) is 1. The predicted molar refractivity (Wildman–Crippen MR) is 87.0 cm³/mol. The zero-order valence-corrected chi connectivity index (χ0v) is 13.1. The molecule has 2 rings (SSSR count). The minimum atomic E-state index is 0.123. The van der Waals surface area contributed by atoms with Crippen molar-refractivity contribution in [2.45, 2.75) is 51.5 Å². The number of amides is 1. The summed E-state index contributed by atoms with van der Waals surface area (Å²) < 4.78 is 0. The van der Waals surface area contributed by atoms with Gasteiger partial charge in [-0.15, -0.1) is 0 Å². The Labute approximate surface area is 128 Å². The van der Waals surface area contributed by atoms with Crippen molar-refractivity contribution >= 4 is 5.91 Å². The normalized spacial score (nSPS) is 17.7. The first-order valence-electron chi connectivity index (χ1n) is 8.22. The second-order valence-corrected chi connectivity index (χ2v) is 6.36. The van der Waals surface area contributed by atoms with E-state index >= 15 is 0 Å². The number of likely N-dealkylation sites (tertiary alicyclic amines) is 1. The first-order chi connectivity index (χ1) is 10.1. The number of nitrogens with zero attached hydrogens (tertiary/aromatic N) is 1. The molecule has 1 saturated heterocycles. The molecule has 0 aliphatic carbocycles. The Morgan fingerprint density at radius 1 is 1.29 bits per heavy atom. The number of benzene rings is 1. The lowest BCUT2D eigenvalue weighted by molar-refractivity contribution is -0.132. The molecule has 0 aromatic heterocycles. The standard InChI is InChI=1S/C18H28N2O/c1-15(19)7-10-18(21)20-13-11-17(12-14-20)9-8-16-5-3-2-4-6-16/h2-6,15,17H,7-14,19H2,1H3. The number of rotatable bonds is 6. The fourth-order valence-electron chi connectivity index (χ4n) is 3.00. The molecule has 1 atom stereocenters.